The van der Waals surface area contributed by atoms with E-state index in [2.05, 4.69) is 10.2 Å². The fourth-order valence-electron chi connectivity index (χ4n) is 2.49. The maximum absolute atomic E-state index is 12.9. The first-order chi connectivity index (χ1) is 8.24. The van der Waals surface area contributed by atoms with E-state index in [1.807, 2.05) is 0 Å². The van der Waals surface area contributed by atoms with Crippen molar-refractivity contribution in [2.24, 2.45) is 0 Å². The summed E-state index contributed by atoms with van der Waals surface area (Å²) < 4.78 is 12.9. The smallest absolute Gasteiger partial charge is 0.123 e. The molecule has 2 N–H and O–H groups in total. The summed E-state index contributed by atoms with van der Waals surface area (Å²) in [5, 5.41) is 16.9. The van der Waals surface area contributed by atoms with Crippen molar-refractivity contribution in [3.05, 3.63) is 53.1 Å². The third-order valence-electron chi connectivity index (χ3n) is 3.41. The largest absolute Gasteiger partial charge is 0.388 e. The Kier molecular flexibility index (Phi) is 2.44. The molecule has 1 aliphatic rings. The van der Waals surface area contributed by atoms with Gasteiger partial charge < -0.3 is 5.11 Å². The molecule has 0 radical (unpaired) electrons. The summed E-state index contributed by atoms with van der Waals surface area (Å²) in [6.45, 7) is 0. The van der Waals surface area contributed by atoms with Gasteiger partial charge >= 0.3 is 0 Å². The van der Waals surface area contributed by atoms with Crippen molar-refractivity contribution in [1.82, 2.24) is 10.2 Å². The Labute approximate surface area is 98.3 Å². The third kappa shape index (κ3) is 1.85. The van der Waals surface area contributed by atoms with Crippen molar-refractivity contribution in [1.29, 1.82) is 0 Å². The summed E-state index contributed by atoms with van der Waals surface area (Å²) in [6, 6.07) is 6.50. The number of rotatable bonds is 1. The SMILES string of the molecule is OC1CC(c2ccc(F)cc2)Cc2[nH]ncc21. The molecule has 3 rings (SSSR count). The van der Waals surface area contributed by atoms with E-state index < -0.39 is 6.10 Å². The second-order valence-electron chi connectivity index (χ2n) is 4.51. The van der Waals surface area contributed by atoms with E-state index in [0.29, 0.717) is 6.42 Å². The van der Waals surface area contributed by atoms with Crippen molar-refractivity contribution >= 4 is 0 Å². The number of aliphatic hydroxyl groups excluding tert-OH is 1. The summed E-state index contributed by atoms with van der Waals surface area (Å²) in [7, 11) is 0. The molecule has 88 valence electrons. The van der Waals surface area contributed by atoms with Gasteiger partial charge in [0.1, 0.15) is 5.82 Å². The fraction of sp³-hybridized carbons (Fsp3) is 0.308. The van der Waals surface area contributed by atoms with Crippen LogP contribution in [0, 0.1) is 5.82 Å². The lowest BCUT2D eigenvalue weighted by Gasteiger charge is -2.26. The molecular formula is C13H13FN2O. The van der Waals surface area contributed by atoms with Crippen LogP contribution in [-0.4, -0.2) is 15.3 Å². The number of nitrogens with one attached hydrogen (secondary N) is 1. The number of benzene rings is 1. The van der Waals surface area contributed by atoms with Crippen LogP contribution in [0.25, 0.3) is 0 Å². The number of aromatic amines is 1. The molecule has 17 heavy (non-hydrogen) atoms. The molecule has 2 atom stereocenters. The van der Waals surface area contributed by atoms with E-state index in [4.69, 9.17) is 0 Å². The highest BCUT2D eigenvalue weighted by atomic mass is 19.1. The third-order valence-corrected chi connectivity index (χ3v) is 3.41. The average Bonchev–Trinajstić information content (AvgIpc) is 2.78. The molecule has 0 bridgehead atoms. The van der Waals surface area contributed by atoms with E-state index >= 15 is 0 Å². The van der Waals surface area contributed by atoms with Gasteiger partial charge in [0.2, 0.25) is 0 Å². The first kappa shape index (κ1) is 10.5. The molecule has 2 aromatic rings. The van der Waals surface area contributed by atoms with E-state index in [9.17, 15) is 9.50 Å². The Morgan fingerprint density at radius 1 is 1.29 bits per heavy atom. The van der Waals surface area contributed by atoms with E-state index in [1.165, 1.54) is 12.1 Å². The summed E-state index contributed by atoms with van der Waals surface area (Å²) in [5.74, 6) is -0.00844. The van der Waals surface area contributed by atoms with Crippen molar-refractivity contribution < 1.29 is 9.50 Å². The number of H-pyrrole nitrogens is 1. The van der Waals surface area contributed by atoms with Crippen LogP contribution in [0.4, 0.5) is 4.39 Å². The topological polar surface area (TPSA) is 48.9 Å². The molecule has 0 spiro atoms. The predicted molar refractivity (Wildman–Crippen MR) is 61.0 cm³/mol. The summed E-state index contributed by atoms with van der Waals surface area (Å²) in [4.78, 5) is 0. The number of halogens is 1. The maximum Gasteiger partial charge on any atom is 0.123 e. The molecule has 1 aromatic heterocycles. The Hall–Kier alpha value is -1.68. The van der Waals surface area contributed by atoms with Crippen LogP contribution in [0.2, 0.25) is 0 Å². The molecule has 3 nitrogen and oxygen atoms in total. The van der Waals surface area contributed by atoms with Gasteiger partial charge in [0.05, 0.1) is 12.3 Å². The molecule has 1 aliphatic carbocycles. The Balaban J connectivity index is 1.90. The van der Waals surface area contributed by atoms with Gasteiger partial charge in [0.15, 0.2) is 0 Å². The van der Waals surface area contributed by atoms with E-state index in [0.717, 1.165) is 23.2 Å². The second kappa shape index (κ2) is 3.96. The number of hydrogen-bond donors (Lipinski definition) is 2. The fourth-order valence-corrected chi connectivity index (χ4v) is 2.49. The van der Waals surface area contributed by atoms with Crippen LogP contribution in [0.1, 0.15) is 35.3 Å². The van der Waals surface area contributed by atoms with Crippen LogP contribution < -0.4 is 0 Å². The van der Waals surface area contributed by atoms with Gasteiger partial charge in [-0.05, 0) is 36.5 Å². The average molecular weight is 232 g/mol. The van der Waals surface area contributed by atoms with Gasteiger partial charge in [0.25, 0.3) is 0 Å². The molecule has 0 amide bonds. The highest BCUT2D eigenvalue weighted by molar-refractivity contribution is 5.30. The molecule has 4 heteroatoms. The molecule has 0 aliphatic heterocycles. The molecular weight excluding hydrogens is 219 g/mol. The minimum absolute atomic E-state index is 0.221. The second-order valence-corrected chi connectivity index (χ2v) is 4.51. The zero-order valence-electron chi connectivity index (χ0n) is 9.23. The Bertz CT molecular complexity index is 520. The van der Waals surface area contributed by atoms with Crippen LogP contribution in [-0.2, 0) is 6.42 Å². The number of aromatic nitrogens is 2. The maximum atomic E-state index is 12.9. The first-order valence-electron chi connectivity index (χ1n) is 5.69. The number of hydrogen-bond acceptors (Lipinski definition) is 2. The highest BCUT2D eigenvalue weighted by Crippen LogP contribution is 2.37. The Morgan fingerprint density at radius 2 is 2.06 bits per heavy atom. The molecule has 0 saturated carbocycles. The zero-order valence-corrected chi connectivity index (χ0v) is 9.23. The molecule has 1 aromatic carbocycles. The van der Waals surface area contributed by atoms with Crippen molar-refractivity contribution in [2.45, 2.75) is 24.9 Å². The molecule has 2 unspecified atom stereocenters. The minimum atomic E-state index is -0.479. The lowest BCUT2D eigenvalue weighted by atomic mass is 9.82. The van der Waals surface area contributed by atoms with Crippen molar-refractivity contribution in [3.63, 3.8) is 0 Å². The van der Waals surface area contributed by atoms with Gasteiger partial charge in [0, 0.05) is 11.3 Å². The van der Waals surface area contributed by atoms with Crippen LogP contribution >= 0.6 is 0 Å². The highest BCUT2D eigenvalue weighted by Gasteiger charge is 2.27. The van der Waals surface area contributed by atoms with Crippen LogP contribution in [0.3, 0.4) is 0 Å². The van der Waals surface area contributed by atoms with Crippen LogP contribution in [0.15, 0.2) is 30.5 Å². The van der Waals surface area contributed by atoms with Crippen molar-refractivity contribution in [3.8, 4) is 0 Å². The van der Waals surface area contributed by atoms with Gasteiger partial charge in [-0.1, -0.05) is 12.1 Å². The standard InChI is InChI=1S/C13H13FN2O/c14-10-3-1-8(2-4-10)9-5-12-11(7-15-16-12)13(17)6-9/h1-4,7,9,13,17H,5-6H2,(H,15,16). The molecule has 0 saturated heterocycles. The first-order valence-corrected chi connectivity index (χ1v) is 5.69. The van der Waals surface area contributed by atoms with Gasteiger partial charge in [-0.25, -0.2) is 4.39 Å². The van der Waals surface area contributed by atoms with Gasteiger partial charge in [-0.15, -0.1) is 0 Å². The van der Waals surface area contributed by atoms with Crippen LogP contribution in [0.5, 0.6) is 0 Å². The summed E-state index contributed by atoms with van der Waals surface area (Å²) in [6.07, 6.45) is 2.68. The van der Waals surface area contributed by atoms with E-state index in [-0.39, 0.29) is 11.7 Å². The lowest BCUT2D eigenvalue weighted by Crippen LogP contribution is -2.16. The number of nitrogens with zero attached hydrogens (tertiary/aromatic N) is 1. The summed E-state index contributed by atoms with van der Waals surface area (Å²) >= 11 is 0. The monoisotopic (exact) mass is 232 g/mol. The quantitative estimate of drug-likeness (QED) is 0.792. The minimum Gasteiger partial charge on any atom is -0.388 e. The molecule has 0 fully saturated rings. The normalized spacial score (nSPS) is 23.4. The number of aliphatic hydroxyl groups is 1. The van der Waals surface area contributed by atoms with Crippen molar-refractivity contribution in [2.75, 3.05) is 0 Å². The number of fused-ring (bicyclic) bond motifs is 1. The van der Waals surface area contributed by atoms with Gasteiger partial charge in [-0.2, -0.15) is 5.10 Å². The zero-order chi connectivity index (χ0) is 11.8. The van der Waals surface area contributed by atoms with E-state index in [1.54, 1.807) is 18.3 Å². The Morgan fingerprint density at radius 3 is 2.82 bits per heavy atom. The lowest BCUT2D eigenvalue weighted by molar-refractivity contribution is 0.147. The molecule has 1 heterocycles. The summed E-state index contributed by atoms with van der Waals surface area (Å²) in [5.41, 5.74) is 2.94. The predicted octanol–water partition coefficient (Wildman–Crippen LogP) is 2.31. The van der Waals surface area contributed by atoms with Gasteiger partial charge in [-0.3, -0.25) is 5.10 Å².